The van der Waals surface area contributed by atoms with Gasteiger partial charge in [-0.2, -0.15) is 5.06 Å². The van der Waals surface area contributed by atoms with Crippen LogP contribution in [0.25, 0.3) is 0 Å². The second-order valence-electron chi connectivity index (χ2n) is 0.847. The van der Waals surface area contributed by atoms with Crippen LogP contribution in [-0.2, 0) is 0 Å². The van der Waals surface area contributed by atoms with Crippen molar-refractivity contribution in [2.24, 2.45) is 0 Å². The molecule has 0 saturated carbocycles. The largest absolute Gasteiger partial charge is 0.315 e. The molecule has 0 aliphatic rings. The molecule has 0 aromatic heterocycles. The SMILES string of the molecule is CN(C)O.[OH]. The normalized spacial score (nSPS) is 7.20. The lowest BCUT2D eigenvalue weighted by Gasteiger charge is -1.89. The van der Waals surface area contributed by atoms with E-state index in [1.807, 2.05) is 0 Å². The molecule has 0 rings (SSSR count). The predicted molar refractivity (Wildman–Crippen MR) is 17.4 cm³/mol. The average molecular weight is 78.1 g/mol. The minimum absolute atomic E-state index is 0. The molecule has 0 bridgehead atoms. The number of nitrogens with zero attached hydrogens (tertiary/aromatic N) is 1. The van der Waals surface area contributed by atoms with Crippen molar-refractivity contribution in [2.45, 2.75) is 0 Å². The van der Waals surface area contributed by atoms with Crippen molar-refractivity contribution in [2.75, 3.05) is 14.1 Å². The fourth-order valence-electron chi connectivity index (χ4n) is 0. The summed E-state index contributed by atoms with van der Waals surface area (Å²) in [4.78, 5) is 0. The molecule has 5 heavy (non-hydrogen) atoms. The van der Waals surface area contributed by atoms with Crippen LogP contribution in [0.3, 0.4) is 0 Å². The lowest BCUT2D eigenvalue weighted by Crippen LogP contribution is -2.01. The molecule has 0 aromatic rings. The Bertz CT molecular complexity index is 12.4. The molecular weight excluding hydrogens is 70.0 g/mol. The Labute approximate surface area is 31.1 Å². The Kier molecular flexibility index (Phi) is 6.87. The number of hydrogen-bond donors (Lipinski definition) is 2. The lowest BCUT2D eigenvalue weighted by atomic mass is 11.2. The van der Waals surface area contributed by atoms with Crippen LogP contribution < -0.4 is 0 Å². The lowest BCUT2D eigenvalue weighted by molar-refractivity contribution is -0.0372. The Morgan fingerprint density at radius 1 is 1.40 bits per heavy atom. The summed E-state index contributed by atoms with van der Waals surface area (Å²) in [5, 5.41) is 8.89. The fraction of sp³-hybridized carbons (Fsp3) is 1.00. The molecule has 0 amide bonds. The standard InChI is InChI=1S/C2H7NO.HO/c1-3(2)4;/h4H,1-2H3;1H. The minimum atomic E-state index is 0. The van der Waals surface area contributed by atoms with Crippen molar-refractivity contribution in [3.05, 3.63) is 0 Å². The van der Waals surface area contributed by atoms with Gasteiger partial charge in [0.2, 0.25) is 0 Å². The highest BCUT2D eigenvalue weighted by Crippen LogP contribution is 1.46. The molecule has 0 spiro atoms. The van der Waals surface area contributed by atoms with Crippen LogP contribution in [0.2, 0.25) is 0 Å². The highest BCUT2D eigenvalue weighted by Gasteiger charge is 1.59. The van der Waals surface area contributed by atoms with Gasteiger partial charge in [-0.25, -0.2) is 0 Å². The average Bonchev–Trinajstić information content (AvgIpc) is 0.811. The van der Waals surface area contributed by atoms with Crippen molar-refractivity contribution in [1.29, 1.82) is 0 Å². The van der Waals surface area contributed by atoms with Gasteiger partial charge in [0.1, 0.15) is 0 Å². The van der Waals surface area contributed by atoms with Crippen LogP contribution in [0.15, 0.2) is 0 Å². The number of rotatable bonds is 0. The van der Waals surface area contributed by atoms with Crippen LogP contribution in [0, 0.1) is 0 Å². The third kappa shape index (κ3) is 952. The van der Waals surface area contributed by atoms with Crippen LogP contribution in [-0.4, -0.2) is 29.8 Å². The number of hydrogen-bond acceptors (Lipinski definition) is 2. The highest BCUT2D eigenvalue weighted by atomic mass is 16.5. The van der Waals surface area contributed by atoms with E-state index < -0.39 is 0 Å². The predicted octanol–water partition coefficient (Wildman–Crippen LogP) is -0.240. The van der Waals surface area contributed by atoms with Gasteiger partial charge in [0.05, 0.1) is 0 Å². The van der Waals surface area contributed by atoms with E-state index in [1.54, 1.807) is 14.1 Å². The van der Waals surface area contributed by atoms with Crippen LogP contribution in [0.4, 0.5) is 0 Å². The first-order valence-corrected chi connectivity index (χ1v) is 1.09. The summed E-state index contributed by atoms with van der Waals surface area (Å²) in [5.74, 6) is 0. The van der Waals surface area contributed by atoms with Gasteiger partial charge < -0.3 is 5.21 Å². The topological polar surface area (TPSA) is 53.5 Å². The van der Waals surface area contributed by atoms with Crippen molar-refractivity contribution in [3.63, 3.8) is 0 Å². The highest BCUT2D eigenvalue weighted by molar-refractivity contribution is 3.90. The molecule has 0 unspecified atom stereocenters. The molecule has 0 atom stereocenters. The molecule has 3 nitrogen and oxygen atoms in total. The Morgan fingerprint density at radius 2 is 1.40 bits per heavy atom. The van der Waals surface area contributed by atoms with E-state index in [9.17, 15) is 0 Å². The first-order chi connectivity index (χ1) is 1.73. The van der Waals surface area contributed by atoms with Crippen molar-refractivity contribution in [3.8, 4) is 0 Å². The molecule has 0 heterocycles. The molecule has 1 radical (unpaired) electrons. The van der Waals surface area contributed by atoms with Gasteiger partial charge >= 0.3 is 0 Å². The van der Waals surface area contributed by atoms with Gasteiger partial charge in [0, 0.05) is 14.1 Å². The molecule has 2 N–H and O–H groups in total. The van der Waals surface area contributed by atoms with E-state index >= 15 is 0 Å². The molecular formula is C2H8NO2. The maximum atomic E-state index is 7.89. The van der Waals surface area contributed by atoms with Gasteiger partial charge in [-0.1, -0.05) is 0 Å². The summed E-state index contributed by atoms with van der Waals surface area (Å²) in [7, 11) is 3.11. The van der Waals surface area contributed by atoms with E-state index in [1.165, 1.54) is 0 Å². The zero-order valence-corrected chi connectivity index (χ0v) is 3.34. The molecule has 3 heteroatoms. The summed E-state index contributed by atoms with van der Waals surface area (Å²) >= 11 is 0. The maximum Gasteiger partial charge on any atom is 0.0121 e. The summed E-state index contributed by atoms with van der Waals surface area (Å²) in [5.41, 5.74) is 0. The quantitative estimate of drug-likeness (QED) is 0.393. The molecule has 0 fully saturated rings. The van der Waals surface area contributed by atoms with Crippen molar-refractivity contribution in [1.82, 2.24) is 5.06 Å². The van der Waals surface area contributed by atoms with E-state index in [-0.39, 0.29) is 5.48 Å². The Hall–Kier alpha value is -0.120. The van der Waals surface area contributed by atoms with E-state index in [4.69, 9.17) is 5.21 Å². The summed E-state index contributed by atoms with van der Waals surface area (Å²) in [6.07, 6.45) is 0. The fourth-order valence-corrected chi connectivity index (χ4v) is 0. The van der Waals surface area contributed by atoms with E-state index in [2.05, 4.69) is 0 Å². The first kappa shape index (κ1) is 8.86. The van der Waals surface area contributed by atoms with Gasteiger partial charge in [0.15, 0.2) is 0 Å². The summed E-state index contributed by atoms with van der Waals surface area (Å²) in [6.45, 7) is 0. The van der Waals surface area contributed by atoms with E-state index in [0.717, 1.165) is 5.06 Å². The smallest absolute Gasteiger partial charge is 0.0121 e. The van der Waals surface area contributed by atoms with E-state index in [0.29, 0.717) is 0 Å². The third-order valence-corrected chi connectivity index (χ3v) is 0. The first-order valence-electron chi connectivity index (χ1n) is 1.09. The van der Waals surface area contributed by atoms with Crippen LogP contribution in [0.5, 0.6) is 0 Å². The molecule has 0 aromatic carbocycles. The maximum absolute atomic E-state index is 7.89. The third-order valence-electron chi connectivity index (χ3n) is 0. The summed E-state index contributed by atoms with van der Waals surface area (Å²) in [6, 6.07) is 0. The molecule has 33 valence electrons. The Balaban J connectivity index is 0. The van der Waals surface area contributed by atoms with Gasteiger partial charge in [0.25, 0.3) is 0 Å². The second-order valence-corrected chi connectivity index (χ2v) is 0.847. The monoisotopic (exact) mass is 78.1 g/mol. The van der Waals surface area contributed by atoms with Gasteiger partial charge in [-0.3, -0.25) is 5.48 Å². The number of hydroxylamine groups is 2. The zero-order valence-electron chi connectivity index (χ0n) is 3.34. The van der Waals surface area contributed by atoms with Crippen molar-refractivity contribution < 1.29 is 10.7 Å². The second kappa shape index (κ2) is 3.88. The van der Waals surface area contributed by atoms with Gasteiger partial charge in [-0.05, 0) is 0 Å². The van der Waals surface area contributed by atoms with Gasteiger partial charge in [-0.15, -0.1) is 0 Å². The Morgan fingerprint density at radius 3 is 1.40 bits per heavy atom. The molecule has 0 saturated heterocycles. The minimum Gasteiger partial charge on any atom is -0.315 e. The molecule has 0 aliphatic heterocycles. The van der Waals surface area contributed by atoms with Crippen LogP contribution >= 0.6 is 0 Å². The van der Waals surface area contributed by atoms with Crippen LogP contribution in [0.1, 0.15) is 0 Å². The van der Waals surface area contributed by atoms with Crippen molar-refractivity contribution >= 4 is 0 Å². The summed E-state index contributed by atoms with van der Waals surface area (Å²) < 4.78 is 0. The molecule has 0 aliphatic carbocycles. The zero-order chi connectivity index (χ0) is 3.58.